The molecule has 0 atom stereocenters. The van der Waals surface area contributed by atoms with Crippen molar-refractivity contribution in [3.63, 3.8) is 0 Å². The fourth-order valence-corrected chi connectivity index (χ4v) is 9.30. The highest BCUT2D eigenvalue weighted by Gasteiger charge is 2.40. The van der Waals surface area contributed by atoms with Gasteiger partial charge in [-0.3, -0.25) is 0 Å². The zero-order valence-corrected chi connectivity index (χ0v) is 31.3. The number of fused-ring (bicyclic) bond motifs is 6. The maximum Gasteiger partial charge on any atom is 0.0543 e. The van der Waals surface area contributed by atoms with Gasteiger partial charge in [0, 0.05) is 27.8 Å². The van der Waals surface area contributed by atoms with Crippen LogP contribution in [0.25, 0.3) is 44.5 Å². The van der Waals surface area contributed by atoms with Crippen LogP contribution in [0, 0.1) is 20.8 Å². The summed E-state index contributed by atoms with van der Waals surface area (Å²) in [6, 6.07) is 54.2. The lowest BCUT2D eigenvalue weighted by Gasteiger charge is -2.30. The van der Waals surface area contributed by atoms with Crippen LogP contribution in [-0.4, -0.2) is 0 Å². The largest absolute Gasteiger partial charge is 0.310 e. The minimum atomic E-state index is -0.105. The molecular weight excluding hydrogens is 627 g/mol. The van der Waals surface area contributed by atoms with E-state index in [2.05, 4.69) is 199 Å². The van der Waals surface area contributed by atoms with Gasteiger partial charge in [0.1, 0.15) is 0 Å². The van der Waals surface area contributed by atoms with E-state index in [-0.39, 0.29) is 10.8 Å². The van der Waals surface area contributed by atoms with Crippen molar-refractivity contribution in [1.82, 2.24) is 0 Å². The molecule has 2 aliphatic rings. The Morgan fingerprint density at radius 1 is 0.404 bits per heavy atom. The molecule has 0 unspecified atom stereocenters. The fourth-order valence-electron chi connectivity index (χ4n) is 9.30. The van der Waals surface area contributed by atoms with Gasteiger partial charge in [-0.15, -0.1) is 0 Å². The van der Waals surface area contributed by atoms with Gasteiger partial charge in [0.2, 0.25) is 0 Å². The van der Waals surface area contributed by atoms with E-state index in [1.54, 1.807) is 0 Å². The molecule has 0 amide bonds. The summed E-state index contributed by atoms with van der Waals surface area (Å²) in [7, 11) is 0. The lowest BCUT2D eigenvalue weighted by atomic mass is 9.79. The highest BCUT2D eigenvalue weighted by molar-refractivity contribution is 5.97. The van der Waals surface area contributed by atoms with Crippen LogP contribution in [0.1, 0.15) is 66.6 Å². The van der Waals surface area contributed by atoms with Gasteiger partial charge in [0.15, 0.2) is 0 Å². The van der Waals surface area contributed by atoms with Gasteiger partial charge in [0.25, 0.3) is 0 Å². The Bertz CT molecular complexity index is 2510. The molecule has 0 spiro atoms. The average Bonchev–Trinajstić information content (AvgIpc) is 3.54. The summed E-state index contributed by atoms with van der Waals surface area (Å²) in [5, 5.41) is 0. The van der Waals surface area contributed by atoms with E-state index in [1.165, 1.54) is 94.8 Å². The zero-order chi connectivity index (χ0) is 35.9. The number of benzene rings is 7. The quantitative estimate of drug-likeness (QED) is 0.176. The molecule has 2 aliphatic carbocycles. The third kappa shape index (κ3) is 4.76. The van der Waals surface area contributed by atoms with E-state index in [0.717, 1.165) is 5.69 Å². The van der Waals surface area contributed by atoms with E-state index in [4.69, 9.17) is 0 Å². The van der Waals surface area contributed by atoms with E-state index in [1.807, 2.05) is 0 Å². The molecule has 9 rings (SSSR count). The van der Waals surface area contributed by atoms with Crippen molar-refractivity contribution >= 4 is 17.1 Å². The summed E-state index contributed by atoms with van der Waals surface area (Å²) in [5.41, 5.74) is 23.4. The number of anilines is 3. The van der Waals surface area contributed by atoms with Crippen LogP contribution >= 0.6 is 0 Å². The highest BCUT2D eigenvalue weighted by Crippen LogP contribution is 2.57. The van der Waals surface area contributed by atoms with Gasteiger partial charge in [0.05, 0.1) is 5.69 Å². The lowest BCUT2D eigenvalue weighted by Crippen LogP contribution is -2.18. The Hall–Kier alpha value is -5.66. The number of nitrogens with zero attached hydrogens (tertiary/aromatic N) is 1. The predicted molar refractivity (Wildman–Crippen MR) is 221 cm³/mol. The van der Waals surface area contributed by atoms with Crippen molar-refractivity contribution in [3.05, 3.63) is 185 Å². The van der Waals surface area contributed by atoms with E-state index in [9.17, 15) is 0 Å². The molecular formula is C51H45N. The topological polar surface area (TPSA) is 3.24 Å². The average molecular weight is 672 g/mol. The Morgan fingerprint density at radius 3 is 1.65 bits per heavy atom. The second-order valence-electron chi connectivity index (χ2n) is 15.9. The molecule has 1 heteroatoms. The Labute approximate surface area is 309 Å². The maximum atomic E-state index is 2.51. The van der Waals surface area contributed by atoms with Crippen LogP contribution in [-0.2, 0) is 10.8 Å². The van der Waals surface area contributed by atoms with Gasteiger partial charge in [-0.05, 0) is 129 Å². The normalized spacial score (nSPS) is 14.4. The van der Waals surface area contributed by atoms with Gasteiger partial charge >= 0.3 is 0 Å². The monoisotopic (exact) mass is 671 g/mol. The first-order chi connectivity index (χ1) is 25.1. The van der Waals surface area contributed by atoms with Gasteiger partial charge in [-0.1, -0.05) is 143 Å². The summed E-state index contributed by atoms with van der Waals surface area (Å²) in [5.74, 6) is 0. The molecule has 0 fully saturated rings. The Morgan fingerprint density at radius 2 is 0.962 bits per heavy atom. The Balaban J connectivity index is 1.22. The summed E-state index contributed by atoms with van der Waals surface area (Å²) < 4.78 is 0. The predicted octanol–water partition coefficient (Wildman–Crippen LogP) is 14.0. The lowest BCUT2D eigenvalue weighted by molar-refractivity contribution is 0.654. The van der Waals surface area contributed by atoms with Crippen molar-refractivity contribution in [2.45, 2.75) is 59.3 Å². The number of rotatable bonds is 5. The van der Waals surface area contributed by atoms with Gasteiger partial charge in [-0.25, -0.2) is 0 Å². The summed E-state index contributed by atoms with van der Waals surface area (Å²) in [4.78, 5) is 2.51. The molecule has 0 bridgehead atoms. The molecule has 52 heavy (non-hydrogen) atoms. The van der Waals surface area contributed by atoms with Gasteiger partial charge in [-0.2, -0.15) is 0 Å². The van der Waals surface area contributed by atoms with Crippen molar-refractivity contribution in [2.24, 2.45) is 0 Å². The number of hydrogen-bond acceptors (Lipinski definition) is 1. The molecule has 0 aliphatic heterocycles. The second kappa shape index (κ2) is 11.7. The third-order valence-electron chi connectivity index (χ3n) is 12.3. The van der Waals surface area contributed by atoms with Crippen LogP contribution in [0.5, 0.6) is 0 Å². The Kier molecular flexibility index (Phi) is 7.25. The standard InChI is InChI=1S/C51H45N/c1-32-30-43-48-45(51(6,7)49(43)34(3)33(32)2)18-13-19-47(48)52(40-28-29-42-41-16-11-12-17-44(41)50(4,5)46(42)31-40)39-26-24-38(25-27-39)37-22-20-36(21-23-37)35-14-9-8-10-15-35/h8-31H,1-7H3. The van der Waals surface area contributed by atoms with Crippen molar-refractivity contribution < 1.29 is 0 Å². The number of hydrogen-bond donors (Lipinski definition) is 0. The van der Waals surface area contributed by atoms with Crippen LogP contribution in [0.15, 0.2) is 146 Å². The first-order valence-electron chi connectivity index (χ1n) is 18.6. The van der Waals surface area contributed by atoms with Crippen LogP contribution in [0.4, 0.5) is 17.1 Å². The molecule has 0 radical (unpaired) electrons. The van der Waals surface area contributed by atoms with E-state index >= 15 is 0 Å². The second-order valence-corrected chi connectivity index (χ2v) is 15.9. The highest BCUT2D eigenvalue weighted by atomic mass is 15.1. The molecule has 0 saturated carbocycles. The SMILES string of the molecule is Cc1cc2c(c(C)c1C)C(C)(C)c1cccc(N(c3ccc(-c4ccc(-c5ccccc5)cc4)cc3)c3ccc4c(c3)C(C)(C)c3ccccc3-4)c1-2. The minimum Gasteiger partial charge on any atom is -0.310 e. The third-order valence-corrected chi connectivity index (χ3v) is 12.3. The summed E-state index contributed by atoms with van der Waals surface area (Å²) in [6.45, 7) is 16.4. The number of aryl methyl sites for hydroxylation is 1. The van der Waals surface area contributed by atoms with Crippen molar-refractivity contribution in [1.29, 1.82) is 0 Å². The smallest absolute Gasteiger partial charge is 0.0543 e. The van der Waals surface area contributed by atoms with Crippen LogP contribution in [0.3, 0.4) is 0 Å². The van der Waals surface area contributed by atoms with Gasteiger partial charge < -0.3 is 4.90 Å². The first-order valence-corrected chi connectivity index (χ1v) is 18.6. The maximum absolute atomic E-state index is 2.51. The van der Waals surface area contributed by atoms with E-state index < -0.39 is 0 Å². The van der Waals surface area contributed by atoms with Crippen molar-refractivity contribution in [2.75, 3.05) is 4.90 Å². The molecule has 0 saturated heterocycles. The summed E-state index contributed by atoms with van der Waals surface area (Å²) in [6.07, 6.45) is 0. The van der Waals surface area contributed by atoms with Crippen LogP contribution in [0.2, 0.25) is 0 Å². The molecule has 0 heterocycles. The molecule has 0 aromatic heterocycles. The molecule has 7 aromatic carbocycles. The summed E-state index contributed by atoms with van der Waals surface area (Å²) >= 11 is 0. The first kappa shape index (κ1) is 32.3. The van der Waals surface area contributed by atoms with Crippen LogP contribution < -0.4 is 4.90 Å². The zero-order valence-electron chi connectivity index (χ0n) is 31.3. The minimum absolute atomic E-state index is 0.0949. The fraction of sp³-hybridized carbons (Fsp3) is 0.176. The molecule has 1 nitrogen and oxygen atoms in total. The molecule has 254 valence electrons. The molecule has 7 aromatic rings. The van der Waals surface area contributed by atoms with Crippen molar-refractivity contribution in [3.8, 4) is 44.5 Å². The van der Waals surface area contributed by atoms with E-state index in [0.29, 0.717) is 0 Å². The molecule has 0 N–H and O–H groups in total.